The highest BCUT2D eigenvalue weighted by Gasteiger charge is 2.25. The van der Waals surface area contributed by atoms with Crippen LogP contribution in [-0.4, -0.2) is 77.4 Å². The Labute approximate surface area is 376 Å². The smallest absolute Gasteiger partial charge is 0.337 e. The van der Waals surface area contributed by atoms with Crippen LogP contribution in [0.1, 0.15) is 46.4 Å². The van der Waals surface area contributed by atoms with Crippen molar-refractivity contribution in [2.75, 3.05) is 48.6 Å². The van der Waals surface area contributed by atoms with Crippen molar-refractivity contribution in [3.05, 3.63) is 190 Å². The predicted molar refractivity (Wildman–Crippen MR) is 249 cm³/mol. The third-order valence-corrected chi connectivity index (χ3v) is 9.35. The van der Waals surface area contributed by atoms with Gasteiger partial charge in [-0.2, -0.15) is 0 Å². The van der Waals surface area contributed by atoms with Crippen LogP contribution >= 0.6 is 0 Å². The molecule has 336 valence electrons. The molecule has 5 aromatic carbocycles. The zero-order valence-corrected chi connectivity index (χ0v) is 37.6. The normalized spacial score (nSPS) is 11.3. The molecule has 1 unspecified atom stereocenters. The molecular weight excluding hydrogens is 813 g/mol. The van der Waals surface area contributed by atoms with Gasteiger partial charge < -0.3 is 34.2 Å². The summed E-state index contributed by atoms with van der Waals surface area (Å²) in [7, 11) is 7.13. The van der Waals surface area contributed by atoms with Crippen LogP contribution in [0.3, 0.4) is 0 Å². The van der Waals surface area contributed by atoms with Gasteiger partial charge in [0.1, 0.15) is 11.5 Å². The highest BCUT2D eigenvalue weighted by molar-refractivity contribution is 5.95. The molecule has 0 saturated heterocycles. The van der Waals surface area contributed by atoms with E-state index in [9.17, 15) is 19.2 Å². The molecule has 0 spiro atoms. The van der Waals surface area contributed by atoms with Gasteiger partial charge in [-0.05, 0) is 71.2 Å². The molecule has 0 amide bonds. The molecule has 0 aliphatic carbocycles. The van der Waals surface area contributed by atoms with Crippen LogP contribution in [-0.2, 0) is 51.2 Å². The average molecular weight is 871 g/mol. The topological polar surface area (TPSA) is 153 Å². The fourth-order valence-electron chi connectivity index (χ4n) is 5.99. The number of benzene rings is 5. The van der Waals surface area contributed by atoms with Crippen LogP contribution in [0.5, 0.6) is 11.5 Å². The van der Waals surface area contributed by atoms with Crippen LogP contribution in [0, 0.1) is 6.92 Å². The summed E-state index contributed by atoms with van der Waals surface area (Å²) in [5.74, 6) is -0.596. The van der Waals surface area contributed by atoms with Gasteiger partial charge in [0, 0.05) is 33.1 Å². The number of hydrogen-bond acceptors (Lipinski definition) is 12. The van der Waals surface area contributed by atoms with E-state index in [0.717, 1.165) is 28.0 Å². The minimum absolute atomic E-state index is 0.0582. The van der Waals surface area contributed by atoms with Crippen LogP contribution in [0.15, 0.2) is 157 Å². The molecule has 0 saturated carbocycles. The second-order valence-corrected chi connectivity index (χ2v) is 14.1. The largest absolute Gasteiger partial charge is 0.497 e. The first kappa shape index (κ1) is 51.1. The number of aryl methyl sites for hydroxylation is 1. The van der Waals surface area contributed by atoms with Crippen LogP contribution in [0.4, 0.5) is 0 Å². The summed E-state index contributed by atoms with van der Waals surface area (Å²) in [4.78, 5) is 50.2. The number of carbonyl (C=O) groups excluding carboxylic acids is 4. The third kappa shape index (κ3) is 17.6. The van der Waals surface area contributed by atoms with Crippen LogP contribution in [0.25, 0.3) is 12.2 Å². The summed E-state index contributed by atoms with van der Waals surface area (Å²) in [5.41, 5.74) is 12.1. The minimum atomic E-state index is -0.865. The fourth-order valence-corrected chi connectivity index (χ4v) is 5.99. The summed E-state index contributed by atoms with van der Waals surface area (Å²) in [6.07, 6.45) is 2.76. The SMILES string of the molecule is C=C(C(=O)OC)C(OC(C)=O)c1ccc(OC)cc1.COC(=O)C(=Cc1ccc(C)cc1)CN(CC(=Cc1ccc(OC)cc1)C(=O)OC)Cc1ccccc1.NCc1ccccc1. The molecule has 2 N–H and O–H groups in total. The van der Waals surface area contributed by atoms with Gasteiger partial charge in [-0.25, -0.2) is 14.4 Å². The maximum atomic E-state index is 12.8. The van der Waals surface area contributed by atoms with E-state index in [1.165, 1.54) is 33.8 Å². The monoisotopic (exact) mass is 870 g/mol. The van der Waals surface area contributed by atoms with Gasteiger partial charge in [0.25, 0.3) is 0 Å². The van der Waals surface area contributed by atoms with E-state index in [-0.39, 0.29) is 18.7 Å². The molecule has 0 bridgehead atoms. The number of ether oxygens (including phenoxy) is 6. The first-order valence-electron chi connectivity index (χ1n) is 20.2. The Morgan fingerprint density at radius 1 is 0.594 bits per heavy atom. The van der Waals surface area contributed by atoms with Crippen molar-refractivity contribution in [2.45, 2.75) is 33.0 Å². The van der Waals surface area contributed by atoms with Crippen molar-refractivity contribution in [2.24, 2.45) is 5.73 Å². The molecule has 12 heteroatoms. The van der Waals surface area contributed by atoms with E-state index < -0.39 is 30.0 Å². The number of nitrogens with two attached hydrogens (primary N) is 1. The predicted octanol–water partition coefficient (Wildman–Crippen LogP) is 8.49. The maximum Gasteiger partial charge on any atom is 0.337 e. The zero-order valence-electron chi connectivity index (χ0n) is 37.6. The highest BCUT2D eigenvalue weighted by atomic mass is 16.6. The van der Waals surface area contributed by atoms with Gasteiger partial charge in [-0.1, -0.05) is 121 Å². The van der Waals surface area contributed by atoms with Crippen molar-refractivity contribution in [3.63, 3.8) is 0 Å². The second kappa shape index (κ2) is 27.6. The molecule has 0 radical (unpaired) electrons. The van der Waals surface area contributed by atoms with Crippen molar-refractivity contribution >= 4 is 36.0 Å². The minimum Gasteiger partial charge on any atom is -0.497 e. The molecule has 5 rings (SSSR count). The quantitative estimate of drug-likeness (QED) is 0.0542. The first-order chi connectivity index (χ1) is 30.8. The molecule has 0 fully saturated rings. The van der Waals surface area contributed by atoms with Crippen LogP contribution in [0.2, 0.25) is 0 Å². The number of nitrogens with zero attached hydrogens (tertiary/aromatic N) is 1. The Hall–Kier alpha value is -7.28. The number of methoxy groups -OCH3 is 5. The Balaban J connectivity index is 0.000000332. The maximum absolute atomic E-state index is 12.8. The highest BCUT2D eigenvalue weighted by Crippen LogP contribution is 2.27. The number of carbonyl (C=O) groups is 4. The number of esters is 4. The van der Waals surface area contributed by atoms with Crippen molar-refractivity contribution in [3.8, 4) is 11.5 Å². The zero-order chi connectivity index (χ0) is 46.9. The van der Waals surface area contributed by atoms with E-state index in [1.54, 1.807) is 44.6 Å². The molecular formula is C52H58N2O10. The number of hydrogen-bond donors (Lipinski definition) is 1. The lowest BCUT2D eigenvalue weighted by atomic mass is 10.0. The summed E-state index contributed by atoms with van der Waals surface area (Å²) < 4.78 is 30.2. The Morgan fingerprint density at radius 3 is 1.41 bits per heavy atom. The molecule has 1 atom stereocenters. The second-order valence-electron chi connectivity index (χ2n) is 14.1. The molecule has 64 heavy (non-hydrogen) atoms. The summed E-state index contributed by atoms with van der Waals surface area (Å²) in [6.45, 7) is 8.58. The lowest BCUT2D eigenvalue weighted by molar-refractivity contribution is -0.147. The first-order valence-corrected chi connectivity index (χ1v) is 20.2. The summed E-state index contributed by atoms with van der Waals surface area (Å²) >= 11 is 0. The molecule has 0 aliphatic heterocycles. The lowest BCUT2D eigenvalue weighted by Gasteiger charge is -2.24. The fraction of sp³-hybridized carbons (Fsp3) is 0.231. The Bertz CT molecular complexity index is 2290. The molecule has 0 heterocycles. The third-order valence-electron chi connectivity index (χ3n) is 9.35. The summed E-state index contributed by atoms with van der Waals surface area (Å²) in [5, 5.41) is 0. The van der Waals surface area contributed by atoms with Gasteiger partial charge in [0.15, 0.2) is 6.10 Å². The molecule has 0 aliphatic rings. The van der Waals surface area contributed by atoms with E-state index in [2.05, 4.69) is 11.3 Å². The molecule has 0 aromatic heterocycles. The average Bonchev–Trinajstić information content (AvgIpc) is 3.33. The van der Waals surface area contributed by atoms with Crippen molar-refractivity contribution in [1.82, 2.24) is 4.90 Å². The van der Waals surface area contributed by atoms with Crippen LogP contribution < -0.4 is 15.2 Å². The standard InChI is InChI=1S/C31H33NO5.C14H16O5.C7H9N/c1-23-10-12-24(13-11-23)18-27(30(33)36-3)21-32(20-26-8-6-5-7-9-26)22-28(31(34)37-4)19-25-14-16-29(35-2)17-15-25;1-9(14(16)18-4)13(19-10(2)15)11-5-7-12(17-3)8-6-11;8-6-7-4-2-1-3-5-7/h5-19H,20-22H2,1-4H3;5-8,13H,1H2,2-4H3;1-5H,6,8H2. The van der Waals surface area contributed by atoms with Gasteiger partial charge >= 0.3 is 23.9 Å². The molecule has 12 nitrogen and oxygen atoms in total. The van der Waals surface area contributed by atoms with E-state index in [1.807, 2.05) is 127 Å². The van der Waals surface area contributed by atoms with E-state index in [4.69, 9.17) is 29.4 Å². The molecule has 5 aromatic rings. The van der Waals surface area contributed by atoms with Gasteiger partial charge in [0.05, 0.1) is 52.3 Å². The van der Waals surface area contributed by atoms with Crippen molar-refractivity contribution in [1.29, 1.82) is 0 Å². The van der Waals surface area contributed by atoms with Gasteiger partial charge in [-0.3, -0.25) is 9.69 Å². The Morgan fingerprint density at radius 2 is 1.02 bits per heavy atom. The van der Waals surface area contributed by atoms with E-state index >= 15 is 0 Å². The Kier molecular flexibility index (Phi) is 22.0. The van der Waals surface area contributed by atoms with Crippen molar-refractivity contribution < 1.29 is 47.6 Å². The lowest BCUT2D eigenvalue weighted by Crippen LogP contribution is -2.32. The van der Waals surface area contributed by atoms with Gasteiger partial charge in [0.2, 0.25) is 0 Å². The summed E-state index contributed by atoms with van der Waals surface area (Å²) in [6, 6.07) is 42.0. The number of rotatable bonds is 17. The van der Waals surface area contributed by atoms with Gasteiger partial charge in [-0.15, -0.1) is 0 Å². The van der Waals surface area contributed by atoms with E-state index in [0.29, 0.717) is 35.5 Å².